The molecular formula is C24H25ClN4O3S. The zero-order chi connectivity index (χ0) is 22.3. The van der Waals surface area contributed by atoms with E-state index in [1.54, 1.807) is 37.7 Å². The molecule has 0 saturated heterocycles. The Balaban J connectivity index is 0.00000306. The van der Waals surface area contributed by atoms with Gasteiger partial charge in [0.15, 0.2) is 5.13 Å². The fourth-order valence-electron chi connectivity index (χ4n) is 3.34. The first-order valence-corrected chi connectivity index (χ1v) is 11.0. The lowest BCUT2D eigenvalue weighted by Crippen LogP contribution is -2.30. The topological polar surface area (TPSA) is 69.5 Å². The highest BCUT2D eigenvalue weighted by molar-refractivity contribution is 7.22. The molecular weight excluding hydrogens is 460 g/mol. The largest absolute Gasteiger partial charge is 0.495 e. The first-order chi connectivity index (χ1) is 15.7. The quantitative estimate of drug-likeness (QED) is 0.310. The van der Waals surface area contributed by atoms with E-state index in [0.29, 0.717) is 28.7 Å². The Labute approximate surface area is 202 Å². The Bertz CT molecular complexity index is 1170. The zero-order valence-electron chi connectivity index (χ0n) is 18.4. The Morgan fingerprint density at radius 2 is 1.88 bits per heavy atom. The molecule has 33 heavy (non-hydrogen) atoms. The number of aryl methyl sites for hydroxylation is 1. The van der Waals surface area contributed by atoms with E-state index in [4.69, 9.17) is 14.5 Å². The average Bonchev–Trinajstić information content (AvgIpc) is 3.50. The lowest BCUT2D eigenvalue weighted by atomic mass is 10.2. The van der Waals surface area contributed by atoms with Crippen molar-refractivity contribution < 1.29 is 14.3 Å². The number of halogens is 1. The van der Waals surface area contributed by atoms with Crippen LogP contribution in [0.3, 0.4) is 0 Å². The molecule has 0 N–H and O–H groups in total. The van der Waals surface area contributed by atoms with E-state index in [1.165, 1.54) is 11.3 Å². The fraction of sp³-hybridized carbons (Fsp3) is 0.208. The third-order valence-electron chi connectivity index (χ3n) is 4.97. The van der Waals surface area contributed by atoms with E-state index in [-0.39, 0.29) is 18.3 Å². The summed E-state index contributed by atoms with van der Waals surface area (Å²) in [5.41, 5.74) is 1.65. The summed E-state index contributed by atoms with van der Waals surface area (Å²) in [4.78, 5) is 23.8. The molecule has 0 unspecified atom stereocenters. The predicted molar refractivity (Wildman–Crippen MR) is 135 cm³/mol. The maximum Gasteiger partial charge on any atom is 0.252 e. The molecule has 1 amide bonds. The van der Waals surface area contributed by atoms with Crippen LogP contribution in [0.15, 0.2) is 67.3 Å². The number of hydrogen-bond acceptors (Lipinski definition) is 6. The molecule has 0 aliphatic rings. The standard InChI is InChI=1S/C24H24N4O3S.ClH/c1-30-19-10-11-20(31-2)23-22(19)26-24(32-23)28(15-6-14-27-16-13-25-17-27)21(29)12-9-18-7-4-3-5-8-18;/h3-5,7-13,16-17H,6,14-15H2,1-2H3;1H/b12-9+;. The van der Waals surface area contributed by atoms with Crippen LogP contribution in [0.1, 0.15) is 12.0 Å². The second-order valence-corrected chi connectivity index (χ2v) is 8.01. The molecule has 9 heteroatoms. The molecule has 4 rings (SSSR count). The fourth-order valence-corrected chi connectivity index (χ4v) is 4.45. The Morgan fingerprint density at radius 3 is 2.58 bits per heavy atom. The molecule has 2 heterocycles. The summed E-state index contributed by atoms with van der Waals surface area (Å²) in [6.45, 7) is 1.27. The molecule has 2 aromatic heterocycles. The van der Waals surface area contributed by atoms with Crippen molar-refractivity contribution in [2.45, 2.75) is 13.0 Å². The van der Waals surface area contributed by atoms with Gasteiger partial charge in [-0.15, -0.1) is 12.4 Å². The lowest BCUT2D eigenvalue weighted by Gasteiger charge is -2.18. The molecule has 4 aromatic rings. The molecule has 0 spiro atoms. The number of imidazole rings is 1. The van der Waals surface area contributed by atoms with Gasteiger partial charge in [0.05, 0.1) is 20.5 Å². The highest BCUT2D eigenvalue weighted by atomic mass is 35.5. The molecule has 0 aliphatic heterocycles. The summed E-state index contributed by atoms with van der Waals surface area (Å²) in [6, 6.07) is 13.4. The average molecular weight is 485 g/mol. The van der Waals surface area contributed by atoms with E-state index in [0.717, 1.165) is 23.2 Å². The normalized spacial score (nSPS) is 10.8. The Morgan fingerprint density at radius 1 is 1.12 bits per heavy atom. The van der Waals surface area contributed by atoms with Gasteiger partial charge < -0.3 is 14.0 Å². The van der Waals surface area contributed by atoms with Gasteiger partial charge in [-0.05, 0) is 30.2 Å². The lowest BCUT2D eigenvalue weighted by molar-refractivity contribution is -0.114. The van der Waals surface area contributed by atoms with Gasteiger partial charge in [-0.2, -0.15) is 0 Å². The number of nitrogens with zero attached hydrogens (tertiary/aromatic N) is 4. The van der Waals surface area contributed by atoms with Crippen molar-refractivity contribution >= 4 is 51.1 Å². The molecule has 7 nitrogen and oxygen atoms in total. The summed E-state index contributed by atoms with van der Waals surface area (Å²) >= 11 is 1.42. The number of ether oxygens (including phenoxy) is 2. The van der Waals surface area contributed by atoms with Crippen LogP contribution in [-0.4, -0.2) is 41.2 Å². The van der Waals surface area contributed by atoms with Gasteiger partial charge in [-0.3, -0.25) is 9.69 Å². The number of amides is 1. The van der Waals surface area contributed by atoms with Crippen LogP contribution in [0.4, 0.5) is 5.13 Å². The van der Waals surface area contributed by atoms with Crippen LogP contribution >= 0.6 is 23.7 Å². The molecule has 0 fully saturated rings. The van der Waals surface area contributed by atoms with Crippen molar-refractivity contribution in [3.8, 4) is 11.5 Å². The van der Waals surface area contributed by atoms with Crippen molar-refractivity contribution in [2.75, 3.05) is 25.7 Å². The number of carbonyl (C=O) groups is 1. The van der Waals surface area contributed by atoms with Gasteiger partial charge in [-0.25, -0.2) is 9.97 Å². The number of methoxy groups -OCH3 is 2. The number of aromatic nitrogens is 3. The predicted octanol–water partition coefficient (Wildman–Crippen LogP) is 5.07. The smallest absolute Gasteiger partial charge is 0.252 e. The molecule has 172 valence electrons. The monoisotopic (exact) mass is 484 g/mol. The van der Waals surface area contributed by atoms with Gasteiger partial charge in [-0.1, -0.05) is 41.7 Å². The molecule has 0 aliphatic carbocycles. The van der Waals surface area contributed by atoms with Crippen LogP contribution in [0, 0.1) is 0 Å². The minimum atomic E-state index is -0.128. The van der Waals surface area contributed by atoms with Gasteiger partial charge >= 0.3 is 0 Å². The maximum absolute atomic E-state index is 13.2. The zero-order valence-corrected chi connectivity index (χ0v) is 20.0. The van der Waals surface area contributed by atoms with Crippen LogP contribution in [0.2, 0.25) is 0 Å². The maximum atomic E-state index is 13.2. The first-order valence-electron chi connectivity index (χ1n) is 10.2. The molecule has 0 bridgehead atoms. The number of rotatable bonds is 9. The van der Waals surface area contributed by atoms with E-state index in [2.05, 4.69) is 4.98 Å². The number of hydrogen-bond donors (Lipinski definition) is 0. The number of thiazole rings is 1. The van der Waals surface area contributed by atoms with E-state index in [1.807, 2.05) is 59.3 Å². The summed E-state index contributed by atoms with van der Waals surface area (Å²) in [7, 11) is 3.23. The van der Waals surface area contributed by atoms with Crippen LogP contribution in [0.25, 0.3) is 16.3 Å². The summed E-state index contributed by atoms with van der Waals surface area (Å²) in [5.74, 6) is 1.22. The highest BCUT2D eigenvalue weighted by Gasteiger charge is 2.21. The summed E-state index contributed by atoms with van der Waals surface area (Å²) < 4.78 is 13.8. The van der Waals surface area contributed by atoms with Gasteiger partial charge in [0.2, 0.25) is 0 Å². The third kappa shape index (κ3) is 5.71. The first kappa shape index (κ1) is 24.3. The van der Waals surface area contributed by atoms with Gasteiger partial charge in [0, 0.05) is 31.6 Å². The van der Waals surface area contributed by atoms with Crippen LogP contribution in [-0.2, 0) is 11.3 Å². The van der Waals surface area contributed by atoms with Crippen LogP contribution in [0.5, 0.6) is 11.5 Å². The van der Waals surface area contributed by atoms with E-state index < -0.39 is 0 Å². The minimum absolute atomic E-state index is 0. The minimum Gasteiger partial charge on any atom is -0.495 e. The van der Waals surface area contributed by atoms with E-state index >= 15 is 0 Å². The second kappa shape index (κ2) is 11.5. The van der Waals surface area contributed by atoms with Gasteiger partial charge in [0.1, 0.15) is 21.7 Å². The Kier molecular flexibility index (Phi) is 8.46. The third-order valence-corrected chi connectivity index (χ3v) is 6.06. The van der Waals surface area contributed by atoms with Crippen LogP contribution < -0.4 is 14.4 Å². The van der Waals surface area contributed by atoms with Crippen molar-refractivity contribution in [3.05, 3.63) is 72.8 Å². The molecule has 0 radical (unpaired) electrons. The Hall–Kier alpha value is -3.36. The van der Waals surface area contributed by atoms with Gasteiger partial charge in [0.25, 0.3) is 5.91 Å². The SMILES string of the molecule is COc1ccc(OC)c2sc(N(CCCn3ccnc3)C(=O)/C=C/c3ccccc3)nc12.Cl. The molecule has 0 atom stereocenters. The molecule has 2 aromatic carbocycles. The number of anilines is 1. The van der Waals surface area contributed by atoms with Crippen molar-refractivity contribution in [2.24, 2.45) is 0 Å². The molecule has 0 saturated carbocycles. The highest BCUT2D eigenvalue weighted by Crippen LogP contribution is 2.40. The number of fused-ring (bicyclic) bond motifs is 1. The number of benzene rings is 2. The van der Waals surface area contributed by atoms with E-state index in [9.17, 15) is 4.79 Å². The summed E-state index contributed by atoms with van der Waals surface area (Å²) in [6.07, 6.45) is 9.60. The number of carbonyl (C=O) groups excluding carboxylic acids is 1. The van der Waals surface area contributed by atoms with Crippen molar-refractivity contribution in [1.29, 1.82) is 0 Å². The second-order valence-electron chi connectivity index (χ2n) is 7.03. The van der Waals surface area contributed by atoms with Crippen molar-refractivity contribution in [1.82, 2.24) is 14.5 Å². The summed E-state index contributed by atoms with van der Waals surface area (Å²) in [5, 5.41) is 0.608. The van der Waals surface area contributed by atoms with Crippen molar-refractivity contribution in [3.63, 3.8) is 0 Å².